The molecule has 0 N–H and O–H groups in total. The van der Waals surface area contributed by atoms with E-state index < -0.39 is 5.82 Å². The zero-order chi connectivity index (χ0) is 16.6. The van der Waals surface area contributed by atoms with E-state index in [2.05, 4.69) is 6.92 Å². The van der Waals surface area contributed by atoms with E-state index in [4.69, 9.17) is 9.47 Å². The number of nitrogens with zero attached hydrogens (tertiary/aromatic N) is 1. The molecule has 1 aliphatic heterocycles. The molecule has 1 aromatic carbocycles. The molecule has 4 nitrogen and oxygen atoms in total. The number of halogens is 1. The lowest BCUT2D eigenvalue weighted by Crippen LogP contribution is -2.46. The lowest BCUT2D eigenvalue weighted by atomic mass is 9.71. The molecule has 1 aromatic rings. The van der Waals surface area contributed by atoms with Gasteiger partial charge in [-0.15, -0.1) is 0 Å². The number of hydrogen-bond donors (Lipinski definition) is 0. The summed E-state index contributed by atoms with van der Waals surface area (Å²) in [6.45, 7) is 2.97. The minimum absolute atomic E-state index is 0.0869. The molecule has 0 bridgehead atoms. The van der Waals surface area contributed by atoms with Crippen molar-refractivity contribution in [3.63, 3.8) is 0 Å². The summed E-state index contributed by atoms with van der Waals surface area (Å²) in [5.74, 6) is -0.423. The summed E-state index contributed by atoms with van der Waals surface area (Å²) in [5, 5.41) is 0. The Hall–Kier alpha value is -1.62. The van der Waals surface area contributed by atoms with Gasteiger partial charge in [-0.3, -0.25) is 4.79 Å². The minimum atomic E-state index is -0.497. The highest BCUT2D eigenvalue weighted by atomic mass is 19.1. The standard InChI is InChI=1S/C18H24FNO3/c1-18-8-9-20(16(18)7-5-13(11-18)22-2)17(21)12-4-6-15(23-3)14(19)10-12/h4,6,10,13,16H,5,7-9,11H2,1-3H3/t13-,16-,18+/m1/s1. The maximum atomic E-state index is 13.9. The van der Waals surface area contributed by atoms with Crippen molar-refractivity contribution in [2.75, 3.05) is 20.8 Å². The number of methoxy groups -OCH3 is 2. The number of fused-ring (bicyclic) bond motifs is 1. The van der Waals surface area contributed by atoms with Gasteiger partial charge in [-0.05, 0) is 49.3 Å². The van der Waals surface area contributed by atoms with Crippen molar-refractivity contribution < 1.29 is 18.7 Å². The van der Waals surface area contributed by atoms with Crippen LogP contribution in [0.3, 0.4) is 0 Å². The Bertz CT molecular complexity index is 606. The van der Waals surface area contributed by atoms with Crippen molar-refractivity contribution in [2.24, 2.45) is 5.41 Å². The molecule has 23 heavy (non-hydrogen) atoms. The van der Waals surface area contributed by atoms with E-state index in [0.717, 1.165) is 32.2 Å². The van der Waals surface area contributed by atoms with Gasteiger partial charge in [-0.1, -0.05) is 6.92 Å². The molecule has 1 amide bonds. The third kappa shape index (κ3) is 2.82. The Balaban J connectivity index is 1.80. The second-order valence-corrected chi connectivity index (χ2v) is 6.91. The molecule has 3 rings (SSSR count). The molecule has 1 heterocycles. The molecule has 0 spiro atoms. The number of benzene rings is 1. The number of rotatable bonds is 3. The normalized spacial score (nSPS) is 30.2. The fourth-order valence-electron chi connectivity index (χ4n) is 4.19. The second-order valence-electron chi connectivity index (χ2n) is 6.91. The highest BCUT2D eigenvalue weighted by Crippen LogP contribution is 2.47. The van der Waals surface area contributed by atoms with E-state index in [0.29, 0.717) is 5.56 Å². The fourth-order valence-corrected chi connectivity index (χ4v) is 4.19. The maximum absolute atomic E-state index is 13.9. The van der Waals surface area contributed by atoms with Crippen LogP contribution >= 0.6 is 0 Å². The molecule has 1 saturated carbocycles. The largest absolute Gasteiger partial charge is 0.494 e. The average Bonchev–Trinajstić information content (AvgIpc) is 2.90. The minimum Gasteiger partial charge on any atom is -0.494 e. The molecule has 5 heteroatoms. The van der Waals surface area contributed by atoms with Crippen LogP contribution in [0.2, 0.25) is 0 Å². The zero-order valence-electron chi connectivity index (χ0n) is 14.0. The van der Waals surface area contributed by atoms with Crippen LogP contribution in [0.1, 0.15) is 43.0 Å². The van der Waals surface area contributed by atoms with E-state index in [9.17, 15) is 9.18 Å². The second kappa shape index (κ2) is 6.11. The molecule has 0 unspecified atom stereocenters. The van der Waals surface area contributed by atoms with Crippen LogP contribution in [0.25, 0.3) is 0 Å². The first-order valence-corrected chi connectivity index (χ1v) is 8.16. The van der Waals surface area contributed by atoms with Crippen LogP contribution < -0.4 is 4.74 Å². The summed E-state index contributed by atoms with van der Waals surface area (Å²) in [6.07, 6.45) is 4.15. The number of carbonyl (C=O) groups is 1. The fraction of sp³-hybridized carbons (Fsp3) is 0.611. The Labute approximate surface area is 136 Å². The number of hydrogen-bond acceptors (Lipinski definition) is 3. The van der Waals surface area contributed by atoms with Crippen LogP contribution in [-0.2, 0) is 4.74 Å². The molecule has 1 saturated heterocycles. The van der Waals surface area contributed by atoms with Crippen molar-refractivity contribution >= 4 is 5.91 Å². The lowest BCUT2D eigenvalue weighted by Gasteiger charge is -2.42. The first-order valence-electron chi connectivity index (χ1n) is 8.16. The van der Waals surface area contributed by atoms with Gasteiger partial charge in [0.25, 0.3) is 5.91 Å². The third-order valence-electron chi connectivity index (χ3n) is 5.55. The van der Waals surface area contributed by atoms with E-state index in [1.54, 1.807) is 13.2 Å². The number of carbonyl (C=O) groups excluding carboxylic acids is 1. The van der Waals surface area contributed by atoms with Crippen molar-refractivity contribution in [1.82, 2.24) is 4.90 Å². The average molecular weight is 321 g/mol. The van der Waals surface area contributed by atoms with Gasteiger partial charge in [0.15, 0.2) is 11.6 Å². The Morgan fingerprint density at radius 2 is 2.13 bits per heavy atom. The van der Waals surface area contributed by atoms with Crippen LogP contribution in [0.15, 0.2) is 18.2 Å². The van der Waals surface area contributed by atoms with Crippen LogP contribution in [-0.4, -0.2) is 43.7 Å². The molecular weight excluding hydrogens is 297 g/mol. The quantitative estimate of drug-likeness (QED) is 0.858. The first-order chi connectivity index (χ1) is 11.0. The summed E-state index contributed by atoms with van der Waals surface area (Å²) in [7, 11) is 3.17. The summed E-state index contributed by atoms with van der Waals surface area (Å²) in [4.78, 5) is 14.8. The van der Waals surface area contributed by atoms with Crippen molar-refractivity contribution in [1.29, 1.82) is 0 Å². The molecule has 3 atom stereocenters. The SMILES string of the molecule is COc1ccc(C(=O)N2CC[C@@]3(C)C[C@H](OC)CC[C@@H]23)cc1F. The molecule has 2 fully saturated rings. The topological polar surface area (TPSA) is 38.8 Å². The summed E-state index contributed by atoms with van der Waals surface area (Å²) >= 11 is 0. The number of ether oxygens (including phenoxy) is 2. The zero-order valence-corrected chi connectivity index (χ0v) is 14.0. The van der Waals surface area contributed by atoms with Gasteiger partial charge in [0.2, 0.25) is 0 Å². The Morgan fingerprint density at radius 1 is 1.35 bits per heavy atom. The van der Waals surface area contributed by atoms with Gasteiger partial charge in [-0.25, -0.2) is 4.39 Å². The number of amides is 1. The van der Waals surface area contributed by atoms with Crippen molar-refractivity contribution in [3.8, 4) is 5.75 Å². The van der Waals surface area contributed by atoms with Gasteiger partial charge in [-0.2, -0.15) is 0 Å². The first kappa shape index (κ1) is 16.2. The maximum Gasteiger partial charge on any atom is 0.254 e. The van der Waals surface area contributed by atoms with Crippen LogP contribution in [0.4, 0.5) is 4.39 Å². The smallest absolute Gasteiger partial charge is 0.254 e. The monoisotopic (exact) mass is 321 g/mol. The van der Waals surface area contributed by atoms with E-state index in [-0.39, 0.29) is 29.2 Å². The van der Waals surface area contributed by atoms with Gasteiger partial charge >= 0.3 is 0 Å². The van der Waals surface area contributed by atoms with Crippen molar-refractivity contribution in [3.05, 3.63) is 29.6 Å². The molecular formula is C18H24FNO3. The molecule has 1 aliphatic carbocycles. The lowest BCUT2D eigenvalue weighted by molar-refractivity contribution is -0.00277. The third-order valence-corrected chi connectivity index (χ3v) is 5.55. The molecule has 126 valence electrons. The van der Waals surface area contributed by atoms with Crippen LogP contribution in [0, 0.1) is 11.2 Å². The summed E-state index contributed by atoms with van der Waals surface area (Å²) in [6, 6.07) is 4.64. The van der Waals surface area contributed by atoms with E-state index in [1.165, 1.54) is 19.2 Å². The summed E-state index contributed by atoms with van der Waals surface area (Å²) in [5.41, 5.74) is 0.487. The molecule has 0 radical (unpaired) electrons. The molecule has 0 aromatic heterocycles. The van der Waals surface area contributed by atoms with Crippen LogP contribution in [0.5, 0.6) is 5.75 Å². The predicted molar refractivity (Wildman–Crippen MR) is 85.1 cm³/mol. The van der Waals surface area contributed by atoms with Crippen molar-refractivity contribution in [2.45, 2.75) is 44.8 Å². The van der Waals surface area contributed by atoms with Gasteiger partial charge in [0.1, 0.15) is 0 Å². The Kier molecular flexibility index (Phi) is 4.32. The highest BCUT2D eigenvalue weighted by Gasteiger charge is 2.49. The van der Waals surface area contributed by atoms with Gasteiger partial charge < -0.3 is 14.4 Å². The predicted octanol–water partition coefficient (Wildman–Crippen LogP) is 3.25. The molecule has 2 aliphatic rings. The van der Waals surface area contributed by atoms with Gasteiger partial charge in [0, 0.05) is 25.3 Å². The summed E-state index contributed by atoms with van der Waals surface area (Å²) < 4.78 is 24.3. The highest BCUT2D eigenvalue weighted by molar-refractivity contribution is 5.94. The Morgan fingerprint density at radius 3 is 2.78 bits per heavy atom. The van der Waals surface area contributed by atoms with E-state index in [1.807, 2.05) is 4.90 Å². The van der Waals surface area contributed by atoms with Gasteiger partial charge in [0.05, 0.1) is 13.2 Å². The van der Waals surface area contributed by atoms with E-state index >= 15 is 0 Å². The number of likely N-dealkylation sites (tertiary alicyclic amines) is 1.